The molecule has 2 aromatic carbocycles. The molecule has 0 saturated carbocycles. The standard InChI is InChI=1S/C20H15FN2O/c1-24-17-6-4-5-15(13-17)20-19(14-8-10-16(21)11-9-14)22-18-7-2-3-12-23(18)20/h2-13H,1H3. The highest BCUT2D eigenvalue weighted by Crippen LogP contribution is 2.34. The van der Waals surface area contributed by atoms with Crippen LogP contribution < -0.4 is 4.74 Å². The number of rotatable bonds is 3. The van der Waals surface area contributed by atoms with E-state index in [9.17, 15) is 4.39 Å². The number of nitrogens with zero attached hydrogens (tertiary/aromatic N) is 2. The first-order valence-electron chi connectivity index (χ1n) is 7.64. The van der Waals surface area contributed by atoms with E-state index in [0.29, 0.717) is 0 Å². The fourth-order valence-corrected chi connectivity index (χ4v) is 2.85. The second-order valence-electron chi connectivity index (χ2n) is 5.48. The minimum absolute atomic E-state index is 0.259. The predicted molar refractivity (Wildman–Crippen MR) is 92.6 cm³/mol. The molecule has 0 radical (unpaired) electrons. The van der Waals surface area contributed by atoms with Crippen molar-refractivity contribution in [3.05, 3.63) is 78.7 Å². The number of hydrogen-bond donors (Lipinski definition) is 0. The molecule has 0 spiro atoms. The van der Waals surface area contributed by atoms with Crippen LogP contribution in [0.1, 0.15) is 0 Å². The summed E-state index contributed by atoms with van der Waals surface area (Å²) in [7, 11) is 1.65. The van der Waals surface area contributed by atoms with Crippen molar-refractivity contribution in [3.63, 3.8) is 0 Å². The Hall–Kier alpha value is -3.14. The molecule has 0 N–H and O–H groups in total. The molecule has 0 unspecified atom stereocenters. The molecule has 4 heteroatoms. The summed E-state index contributed by atoms with van der Waals surface area (Å²) < 4.78 is 20.7. The third-order valence-electron chi connectivity index (χ3n) is 3.99. The maximum Gasteiger partial charge on any atom is 0.137 e. The summed E-state index contributed by atoms with van der Waals surface area (Å²) in [6.07, 6.45) is 1.98. The molecule has 2 aromatic heterocycles. The Balaban J connectivity index is 2.01. The van der Waals surface area contributed by atoms with Gasteiger partial charge in [0.1, 0.15) is 17.2 Å². The van der Waals surface area contributed by atoms with E-state index in [4.69, 9.17) is 9.72 Å². The van der Waals surface area contributed by atoms with Gasteiger partial charge in [-0.15, -0.1) is 0 Å². The topological polar surface area (TPSA) is 26.5 Å². The minimum Gasteiger partial charge on any atom is -0.497 e. The molecule has 4 rings (SSSR count). The minimum atomic E-state index is -0.259. The lowest BCUT2D eigenvalue weighted by Crippen LogP contribution is -1.90. The van der Waals surface area contributed by atoms with Gasteiger partial charge in [-0.25, -0.2) is 9.37 Å². The summed E-state index contributed by atoms with van der Waals surface area (Å²) in [4.78, 5) is 4.74. The maximum atomic E-state index is 13.3. The van der Waals surface area contributed by atoms with Crippen molar-refractivity contribution < 1.29 is 9.13 Å². The smallest absolute Gasteiger partial charge is 0.137 e. The zero-order valence-electron chi connectivity index (χ0n) is 13.1. The van der Waals surface area contributed by atoms with Crippen molar-refractivity contribution in [2.75, 3.05) is 7.11 Å². The van der Waals surface area contributed by atoms with Gasteiger partial charge in [0.2, 0.25) is 0 Å². The first-order valence-corrected chi connectivity index (χ1v) is 7.64. The van der Waals surface area contributed by atoms with Gasteiger partial charge in [-0.3, -0.25) is 4.40 Å². The fraction of sp³-hybridized carbons (Fsp3) is 0.0500. The summed E-state index contributed by atoms with van der Waals surface area (Å²) in [5.41, 5.74) is 4.48. The van der Waals surface area contributed by atoms with Gasteiger partial charge in [-0.1, -0.05) is 18.2 Å². The molecule has 2 heterocycles. The predicted octanol–water partition coefficient (Wildman–Crippen LogP) is 4.82. The van der Waals surface area contributed by atoms with Crippen molar-refractivity contribution in [1.29, 1.82) is 0 Å². The van der Waals surface area contributed by atoms with E-state index in [1.54, 1.807) is 19.2 Å². The van der Waals surface area contributed by atoms with Crippen molar-refractivity contribution in [1.82, 2.24) is 9.38 Å². The third-order valence-corrected chi connectivity index (χ3v) is 3.99. The molecule has 0 atom stereocenters. The highest BCUT2D eigenvalue weighted by molar-refractivity contribution is 5.82. The number of ether oxygens (including phenoxy) is 1. The number of methoxy groups -OCH3 is 1. The molecule has 118 valence electrons. The molecule has 0 aliphatic heterocycles. The quantitative estimate of drug-likeness (QED) is 0.541. The third kappa shape index (κ3) is 2.42. The fourth-order valence-electron chi connectivity index (χ4n) is 2.85. The van der Waals surface area contributed by atoms with E-state index < -0.39 is 0 Å². The first-order chi connectivity index (χ1) is 11.8. The zero-order valence-corrected chi connectivity index (χ0v) is 13.1. The van der Waals surface area contributed by atoms with Crippen LogP contribution in [-0.4, -0.2) is 16.5 Å². The number of fused-ring (bicyclic) bond motifs is 1. The highest BCUT2D eigenvalue weighted by Gasteiger charge is 2.16. The molecular formula is C20H15FN2O. The average Bonchev–Trinajstić information content (AvgIpc) is 3.02. The lowest BCUT2D eigenvalue weighted by Gasteiger charge is -2.07. The number of aromatic nitrogens is 2. The Kier molecular flexibility index (Phi) is 3.50. The molecule has 4 aromatic rings. The molecule has 0 bridgehead atoms. The number of benzene rings is 2. The van der Waals surface area contributed by atoms with E-state index in [-0.39, 0.29) is 5.82 Å². The Bertz CT molecular complexity index is 1010. The van der Waals surface area contributed by atoms with E-state index >= 15 is 0 Å². The van der Waals surface area contributed by atoms with Crippen molar-refractivity contribution in [3.8, 4) is 28.3 Å². The second-order valence-corrected chi connectivity index (χ2v) is 5.48. The summed E-state index contributed by atoms with van der Waals surface area (Å²) in [6, 6.07) is 20.1. The van der Waals surface area contributed by atoms with E-state index in [1.165, 1.54) is 12.1 Å². The second kappa shape index (κ2) is 5.81. The average molecular weight is 318 g/mol. The first kappa shape index (κ1) is 14.5. The summed E-state index contributed by atoms with van der Waals surface area (Å²) in [5.74, 6) is 0.522. The SMILES string of the molecule is COc1cccc(-c2c(-c3ccc(F)cc3)nc3ccccn23)c1. The summed E-state index contributed by atoms with van der Waals surface area (Å²) >= 11 is 0. The van der Waals surface area contributed by atoms with Gasteiger partial charge in [0.15, 0.2) is 0 Å². The molecule has 0 aliphatic rings. The van der Waals surface area contributed by atoms with Crippen molar-refractivity contribution in [2.45, 2.75) is 0 Å². The Morgan fingerprint density at radius 1 is 0.917 bits per heavy atom. The van der Waals surface area contributed by atoms with Gasteiger partial charge in [0.05, 0.1) is 18.5 Å². The van der Waals surface area contributed by atoms with Gasteiger partial charge >= 0.3 is 0 Å². The Morgan fingerprint density at radius 3 is 2.54 bits per heavy atom. The normalized spacial score (nSPS) is 10.9. The molecule has 0 saturated heterocycles. The van der Waals surface area contributed by atoms with Crippen LogP contribution in [0.5, 0.6) is 5.75 Å². The Morgan fingerprint density at radius 2 is 1.75 bits per heavy atom. The van der Waals surface area contributed by atoms with Crippen LogP contribution >= 0.6 is 0 Å². The van der Waals surface area contributed by atoms with Gasteiger partial charge in [-0.2, -0.15) is 0 Å². The van der Waals surface area contributed by atoms with Gasteiger partial charge in [-0.05, 0) is 48.5 Å². The lowest BCUT2D eigenvalue weighted by molar-refractivity contribution is 0.415. The number of pyridine rings is 1. The summed E-state index contributed by atoms with van der Waals surface area (Å²) in [6.45, 7) is 0. The van der Waals surface area contributed by atoms with Gasteiger partial charge in [0.25, 0.3) is 0 Å². The summed E-state index contributed by atoms with van der Waals surface area (Å²) in [5, 5.41) is 0. The maximum absolute atomic E-state index is 13.3. The molecule has 24 heavy (non-hydrogen) atoms. The van der Waals surface area contributed by atoms with Crippen molar-refractivity contribution in [2.24, 2.45) is 0 Å². The highest BCUT2D eigenvalue weighted by atomic mass is 19.1. The van der Waals surface area contributed by atoms with Gasteiger partial charge in [0, 0.05) is 17.3 Å². The van der Waals surface area contributed by atoms with Crippen LogP contribution in [0.15, 0.2) is 72.9 Å². The largest absolute Gasteiger partial charge is 0.497 e. The van der Waals surface area contributed by atoms with Crippen LogP contribution in [0.2, 0.25) is 0 Å². The van der Waals surface area contributed by atoms with Crippen LogP contribution in [0.25, 0.3) is 28.2 Å². The number of imidazole rings is 1. The molecule has 0 fully saturated rings. The van der Waals surface area contributed by atoms with Crippen LogP contribution in [-0.2, 0) is 0 Å². The van der Waals surface area contributed by atoms with Crippen molar-refractivity contribution >= 4 is 5.65 Å². The number of hydrogen-bond acceptors (Lipinski definition) is 2. The van der Waals surface area contributed by atoms with E-state index in [2.05, 4.69) is 0 Å². The molecule has 0 amide bonds. The lowest BCUT2D eigenvalue weighted by atomic mass is 10.0. The zero-order chi connectivity index (χ0) is 16.5. The number of halogens is 1. The van der Waals surface area contributed by atoms with E-state index in [1.807, 2.05) is 53.1 Å². The molecular weight excluding hydrogens is 303 g/mol. The molecule has 0 aliphatic carbocycles. The van der Waals surface area contributed by atoms with Crippen LogP contribution in [0.3, 0.4) is 0 Å². The van der Waals surface area contributed by atoms with Crippen LogP contribution in [0.4, 0.5) is 4.39 Å². The van der Waals surface area contributed by atoms with Crippen LogP contribution in [0, 0.1) is 5.82 Å². The monoisotopic (exact) mass is 318 g/mol. The van der Waals surface area contributed by atoms with Gasteiger partial charge < -0.3 is 4.74 Å². The van der Waals surface area contributed by atoms with E-state index in [0.717, 1.165) is 33.9 Å². The Labute approximate surface area is 139 Å². The molecule has 3 nitrogen and oxygen atoms in total.